The number of nitrogens with zero attached hydrogens (tertiary/aromatic N) is 3. The minimum atomic E-state index is -0.503. The summed E-state index contributed by atoms with van der Waals surface area (Å²) in [6.45, 7) is 5.12. The summed E-state index contributed by atoms with van der Waals surface area (Å²) >= 11 is 0. The van der Waals surface area contributed by atoms with E-state index < -0.39 is 5.97 Å². The van der Waals surface area contributed by atoms with Gasteiger partial charge in [0, 0.05) is 6.54 Å². The van der Waals surface area contributed by atoms with Crippen LogP contribution in [0.3, 0.4) is 0 Å². The highest BCUT2D eigenvalue weighted by Crippen LogP contribution is 2.36. The zero-order valence-electron chi connectivity index (χ0n) is 17.9. The van der Waals surface area contributed by atoms with Crippen molar-refractivity contribution >= 4 is 17.6 Å². The number of hydrogen-bond donors (Lipinski definition) is 0. The molecular weight excluding hydrogens is 394 g/mol. The van der Waals surface area contributed by atoms with Crippen LogP contribution in [0.15, 0.2) is 48.7 Å². The number of ether oxygens (including phenoxy) is 3. The van der Waals surface area contributed by atoms with Crippen molar-refractivity contribution in [1.82, 2.24) is 9.97 Å². The van der Waals surface area contributed by atoms with Gasteiger partial charge in [-0.1, -0.05) is 30.3 Å². The number of methoxy groups -OCH3 is 1. The molecule has 0 spiro atoms. The van der Waals surface area contributed by atoms with E-state index in [4.69, 9.17) is 14.2 Å². The lowest BCUT2D eigenvalue weighted by atomic mass is 10.1. The first-order valence-corrected chi connectivity index (χ1v) is 10.3. The van der Waals surface area contributed by atoms with Crippen LogP contribution in [-0.2, 0) is 17.8 Å². The molecule has 0 saturated carbocycles. The highest BCUT2D eigenvalue weighted by Gasteiger charge is 2.26. The molecule has 0 bridgehead atoms. The van der Waals surface area contributed by atoms with Gasteiger partial charge in [0.05, 0.1) is 25.6 Å². The lowest BCUT2D eigenvalue weighted by molar-refractivity contribution is 0.0519. The number of para-hydroxylation sites is 1. The fourth-order valence-corrected chi connectivity index (χ4v) is 3.67. The molecule has 1 aliphatic heterocycles. The first-order valence-electron chi connectivity index (χ1n) is 10.3. The van der Waals surface area contributed by atoms with E-state index in [9.17, 15) is 4.79 Å². The smallest absolute Gasteiger partial charge is 0.345 e. The summed E-state index contributed by atoms with van der Waals surface area (Å²) < 4.78 is 16.3. The molecule has 1 aromatic heterocycles. The van der Waals surface area contributed by atoms with E-state index in [0.717, 1.165) is 35.5 Å². The summed E-state index contributed by atoms with van der Waals surface area (Å²) in [5.41, 5.74) is 4.68. The monoisotopic (exact) mass is 419 g/mol. The number of carbonyl (C=O) groups excluding carboxylic acids is 1. The van der Waals surface area contributed by atoms with Crippen LogP contribution in [0.5, 0.6) is 11.6 Å². The fraction of sp³-hybridized carbons (Fsp3) is 0.292. The molecule has 0 aliphatic carbocycles. The van der Waals surface area contributed by atoms with E-state index in [1.165, 1.54) is 11.8 Å². The number of anilines is 2. The maximum atomic E-state index is 12.4. The van der Waals surface area contributed by atoms with Crippen molar-refractivity contribution in [1.29, 1.82) is 0 Å². The summed E-state index contributed by atoms with van der Waals surface area (Å²) in [5, 5.41) is 0. The number of benzene rings is 2. The predicted octanol–water partition coefficient (Wildman–Crippen LogP) is 4.24. The molecule has 0 unspecified atom stereocenters. The minimum absolute atomic E-state index is 0.210. The summed E-state index contributed by atoms with van der Waals surface area (Å²) in [6.07, 6.45) is 2.40. The van der Waals surface area contributed by atoms with Crippen LogP contribution in [0.1, 0.15) is 34.0 Å². The molecule has 0 fully saturated rings. The highest BCUT2D eigenvalue weighted by atomic mass is 16.5. The average Bonchev–Trinajstić information content (AvgIpc) is 3.23. The molecule has 2 heterocycles. The molecule has 0 amide bonds. The highest BCUT2D eigenvalue weighted by molar-refractivity contribution is 5.91. The van der Waals surface area contributed by atoms with Gasteiger partial charge in [-0.05, 0) is 49.1 Å². The topological polar surface area (TPSA) is 73.8 Å². The van der Waals surface area contributed by atoms with Crippen LogP contribution < -0.4 is 14.4 Å². The Morgan fingerprint density at radius 1 is 1.16 bits per heavy atom. The standard InChI is InChI=1S/C24H25N3O4/c1-4-30-23(28)20-14-25-24(27-13-12-18-7-5-6-16(2)21(18)27)26-22(20)31-15-17-8-10-19(29-3)11-9-17/h5-11,14H,4,12-13,15H2,1-3H3. The number of carbonyl (C=O) groups is 1. The van der Waals surface area contributed by atoms with Gasteiger partial charge in [0.1, 0.15) is 17.9 Å². The van der Waals surface area contributed by atoms with Crippen LogP contribution in [0.2, 0.25) is 0 Å². The third-order valence-electron chi connectivity index (χ3n) is 5.21. The molecule has 0 saturated heterocycles. The van der Waals surface area contributed by atoms with E-state index in [2.05, 4.69) is 40.0 Å². The number of aromatic nitrogens is 2. The van der Waals surface area contributed by atoms with Gasteiger partial charge in [-0.25, -0.2) is 9.78 Å². The lowest BCUT2D eigenvalue weighted by Gasteiger charge is -2.20. The number of hydrogen-bond acceptors (Lipinski definition) is 7. The largest absolute Gasteiger partial charge is 0.497 e. The molecule has 31 heavy (non-hydrogen) atoms. The van der Waals surface area contributed by atoms with Crippen LogP contribution in [0, 0.1) is 6.92 Å². The molecule has 2 aromatic carbocycles. The summed E-state index contributed by atoms with van der Waals surface area (Å²) in [6, 6.07) is 13.8. The zero-order valence-corrected chi connectivity index (χ0v) is 17.9. The molecule has 7 nitrogen and oxygen atoms in total. The van der Waals surface area contributed by atoms with Crippen LogP contribution in [0.25, 0.3) is 0 Å². The van der Waals surface area contributed by atoms with Gasteiger partial charge in [-0.15, -0.1) is 0 Å². The second kappa shape index (κ2) is 9.04. The Balaban J connectivity index is 1.64. The Morgan fingerprint density at radius 2 is 1.97 bits per heavy atom. The summed E-state index contributed by atoms with van der Waals surface area (Å²) in [5.74, 6) is 0.979. The van der Waals surface area contributed by atoms with Crippen molar-refractivity contribution in [3.63, 3.8) is 0 Å². The molecule has 7 heteroatoms. The van der Waals surface area contributed by atoms with E-state index in [1.807, 2.05) is 24.3 Å². The third kappa shape index (κ3) is 4.30. The van der Waals surface area contributed by atoms with Gasteiger partial charge < -0.3 is 19.1 Å². The number of aryl methyl sites for hydroxylation is 1. The van der Waals surface area contributed by atoms with E-state index in [1.54, 1.807) is 14.0 Å². The summed E-state index contributed by atoms with van der Waals surface area (Å²) in [4.78, 5) is 23.6. The molecule has 4 rings (SSSR count). The van der Waals surface area contributed by atoms with Crippen LogP contribution >= 0.6 is 0 Å². The van der Waals surface area contributed by atoms with Gasteiger partial charge in [0.25, 0.3) is 0 Å². The summed E-state index contributed by atoms with van der Waals surface area (Å²) in [7, 11) is 1.62. The molecule has 0 N–H and O–H groups in total. The quantitative estimate of drug-likeness (QED) is 0.530. The van der Waals surface area contributed by atoms with Gasteiger partial charge in [-0.3, -0.25) is 0 Å². The molecule has 160 valence electrons. The molecule has 3 aromatic rings. The molecule has 1 aliphatic rings. The Labute approximate surface area is 181 Å². The number of rotatable bonds is 7. The van der Waals surface area contributed by atoms with Gasteiger partial charge in [-0.2, -0.15) is 4.98 Å². The molecular formula is C24H25N3O4. The van der Waals surface area contributed by atoms with Crippen molar-refractivity contribution in [2.75, 3.05) is 25.2 Å². The number of fused-ring (bicyclic) bond motifs is 1. The molecule has 0 atom stereocenters. The Morgan fingerprint density at radius 3 is 2.71 bits per heavy atom. The first kappa shape index (κ1) is 20.7. The zero-order chi connectivity index (χ0) is 21.8. The SMILES string of the molecule is CCOC(=O)c1cnc(N2CCc3cccc(C)c32)nc1OCc1ccc(OC)cc1. The molecule has 0 radical (unpaired) electrons. The average molecular weight is 419 g/mol. The Kier molecular flexibility index (Phi) is 6.02. The number of esters is 1. The predicted molar refractivity (Wildman–Crippen MR) is 117 cm³/mol. The van der Waals surface area contributed by atoms with Crippen LogP contribution in [0.4, 0.5) is 11.6 Å². The van der Waals surface area contributed by atoms with E-state index in [-0.39, 0.29) is 24.7 Å². The van der Waals surface area contributed by atoms with Crippen molar-refractivity contribution in [3.8, 4) is 11.6 Å². The van der Waals surface area contributed by atoms with Crippen LogP contribution in [-0.4, -0.2) is 36.2 Å². The Bertz CT molecular complexity index is 1080. The second-order valence-corrected chi connectivity index (χ2v) is 7.23. The van der Waals surface area contributed by atoms with Crippen molar-refractivity contribution in [3.05, 3.63) is 70.9 Å². The van der Waals surface area contributed by atoms with E-state index in [0.29, 0.717) is 5.95 Å². The third-order valence-corrected chi connectivity index (χ3v) is 5.21. The van der Waals surface area contributed by atoms with Gasteiger partial charge >= 0.3 is 5.97 Å². The normalized spacial score (nSPS) is 12.4. The minimum Gasteiger partial charge on any atom is -0.497 e. The maximum absolute atomic E-state index is 12.4. The van der Waals surface area contributed by atoms with Crippen molar-refractivity contribution in [2.24, 2.45) is 0 Å². The fourth-order valence-electron chi connectivity index (χ4n) is 3.67. The maximum Gasteiger partial charge on any atom is 0.345 e. The lowest BCUT2D eigenvalue weighted by Crippen LogP contribution is -2.19. The van der Waals surface area contributed by atoms with E-state index >= 15 is 0 Å². The van der Waals surface area contributed by atoms with Gasteiger partial charge in [0.2, 0.25) is 11.8 Å². The second-order valence-electron chi connectivity index (χ2n) is 7.23. The Hall–Kier alpha value is -3.61. The van der Waals surface area contributed by atoms with Crippen molar-refractivity contribution < 1.29 is 19.0 Å². The van der Waals surface area contributed by atoms with Crippen molar-refractivity contribution in [2.45, 2.75) is 26.9 Å². The van der Waals surface area contributed by atoms with Gasteiger partial charge in [0.15, 0.2) is 0 Å². The first-order chi connectivity index (χ1) is 15.1.